The summed E-state index contributed by atoms with van der Waals surface area (Å²) in [7, 11) is 0. The molecule has 3 nitrogen and oxygen atoms in total. The summed E-state index contributed by atoms with van der Waals surface area (Å²) in [6.07, 6.45) is 3.88. The average Bonchev–Trinajstić information content (AvgIpc) is 2.85. The summed E-state index contributed by atoms with van der Waals surface area (Å²) < 4.78 is 2.18. The van der Waals surface area contributed by atoms with Crippen molar-refractivity contribution in [3.05, 3.63) is 53.6 Å². The van der Waals surface area contributed by atoms with Gasteiger partial charge in [-0.25, -0.2) is 4.98 Å². The highest BCUT2D eigenvalue weighted by atomic mass is 15.1. The van der Waals surface area contributed by atoms with Crippen molar-refractivity contribution in [2.24, 2.45) is 5.73 Å². The molecular formula is C16H19N3. The van der Waals surface area contributed by atoms with Crippen molar-refractivity contribution in [3.8, 4) is 11.8 Å². The lowest BCUT2D eigenvalue weighted by Crippen LogP contribution is -2.05. The van der Waals surface area contributed by atoms with E-state index in [-0.39, 0.29) is 0 Å². The lowest BCUT2D eigenvalue weighted by molar-refractivity contribution is 0.669. The van der Waals surface area contributed by atoms with E-state index in [0.717, 1.165) is 17.9 Å². The molecule has 1 heterocycles. The Kier molecular flexibility index (Phi) is 4.38. The maximum atomic E-state index is 5.39. The first-order valence-corrected chi connectivity index (χ1v) is 6.49. The molecule has 3 heteroatoms. The van der Waals surface area contributed by atoms with E-state index in [1.165, 1.54) is 5.56 Å². The third kappa shape index (κ3) is 3.46. The summed E-state index contributed by atoms with van der Waals surface area (Å²) in [5.74, 6) is 7.48. The standard InChI is InChI=1S/C16H19N3/c1-13(2)16-18-9-10-19(16)12-15-6-3-5-14(11-15)7-4-8-17/h3,5-6,9-11,13H,8,12,17H2,1-2H3. The highest BCUT2D eigenvalue weighted by Gasteiger charge is 2.07. The largest absolute Gasteiger partial charge is 0.330 e. The molecule has 2 N–H and O–H groups in total. The third-order valence-corrected chi connectivity index (χ3v) is 2.88. The van der Waals surface area contributed by atoms with Gasteiger partial charge in [-0.2, -0.15) is 0 Å². The second kappa shape index (κ2) is 6.21. The van der Waals surface area contributed by atoms with Crippen LogP contribution in [0.15, 0.2) is 36.7 Å². The summed E-state index contributed by atoms with van der Waals surface area (Å²) in [6.45, 7) is 5.53. The molecule has 0 spiro atoms. The van der Waals surface area contributed by atoms with E-state index in [1.807, 2.05) is 24.5 Å². The lowest BCUT2D eigenvalue weighted by Gasteiger charge is -2.10. The predicted octanol–water partition coefficient (Wildman–Crippen LogP) is 2.37. The first-order chi connectivity index (χ1) is 9.20. The van der Waals surface area contributed by atoms with Crippen molar-refractivity contribution in [2.75, 3.05) is 6.54 Å². The van der Waals surface area contributed by atoms with Crippen molar-refractivity contribution in [1.29, 1.82) is 0 Å². The quantitative estimate of drug-likeness (QED) is 0.853. The number of hydrogen-bond donors (Lipinski definition) is 1. The lowest BCUT2D eigenvalue weighted by atomic mass is 10.1. The fourth-order valence-electron chi connectivity index (χ4n) is 2.05. The Hall–Kier alpha value is -2.05. The third-order valence-electron chi connectivity index (χ3n) is 2.88. The Balaban J connectivity index is 2.21. The minimum atomic E-state index is 0.392. The van der Waals surface area contributed by atoms with Crippen LogP contribution in [0, 0.1) is 11.8 Å². The van der Waals surface area contributed by atoms with Crippen molar-refractivity contribution in [2.45, 2.75) is 26.3 Å². The van der Waals surface area contributed by atoms with Gasteiger partial charge in [-0.15, -0.1) is 0 Å². The van der Waals surface area contributed by atoms with Crippen LogP contribution in [0.1, 0.15) is 36.7 Å². The van der Waals surface area contributed by atoms with Crippen LogP contribution in [0.2, 0.25) is 0 Å². The molecule has 1 aromatic heterocycles. The molecule has 0 unspecified atom stereocenters. The number of benzene rings is 1. The molecule has 0 saturated heterocycles. The first kappa shape index (κ1) is 13.4. The summed E-state index contributed by atoms with van der Waals surface area (Å²) in [6, 6.07) is 8.25. The summed E-state index contributed by atoms with van der Waals surface area (Å²) in [5, 5.41) is 0. The summed E-state index contributed by atoms with van der Waals surface area (Å²) in [5.41, 5.74) is 7.63. The van der Waals surface area contributed by atoms with E-state index in [1.54, 1.807) is 0 Å². The van der Waals surface area contributed by atoms with Crippen molar-refractivity contribution < 1.29 is 0 Å². The van der Waals surface area contributed by atoms with Gasteiger partial charge < -0.3 is 10.3 Å². The molecule has 0 aliphatic carbocycles. The average molecular weight is 253 g/mol. The van der Waals surface area contributed by atoms with Crippen LogP contribution in [0.5, 0.6) is 0 Å². The second-order valence-corrected chi connectivity index (χ2v) is 4.77. The molecule has 19 heavy (non-hydrogen) atoms. The molecule has 0 saturated carbocycles. The second-order valence-electron chi connectivity index (χ2n) is 4.77. The monoisotopic (exact) mass is 253 g/mol. The predicted molar refractivity (Wildman–Crippen MR) is 77.8 cm³/mol. The van der Waals surface area contributed by atoms with Gasteiger partial charge in [0.15, 0.2) is 0 Å². The van der Waals surface area contributed by atoms with Gasteiger partial charge in [-0.3, -0.25) is 0 Å². The molecule has 1 aromatic carbocycles. The number of nitrogens with two attached hydrogens (primary N) is 1. The molecule has 0 atom stereocenters. The highest BCUT2D eigenvalue weighted by Crippen LogP contribution is 2.14. The number of nitrogens with zero attached hydrogens (tertiary/aromatic N) is 2. The molecule has 0 radical (unpaired) electrons. The van der Waals surface area contributed by atoms with Gasteiger partial charge in [-0.1, -0.05) is 37.8 Å². The van der Waals surface area contributed by atoms with Crippen molar-refractivity contribution in [3.63, 3.8) is 0 Å². The first-order valence-electron chi connectivity index (χ1n) is 6.49. The minimum Gasteiger partial charge on any atom is -0.330 e. The number of rotatable bonds is 3. The van der Waals surface area contributed by atoms with Crippen molar-refractivity contribution in [1.82, 2.24) is 9.55 Å². The fraction of sp³-hybridized carbons (Fsp3) is 0.312. The zero-order valence-electron chi connectivity index (χ0n) is 11.4. The van der Waals surface area contributed by atoms with Crippen LogP contribution in [0.25, 0.3) is 0 Å². The molecule has 0 bridgehead atoms. The van der Waals surface area contributed by atoms with Crippen LogP contribution in [-0.4, -0.2) is 16.1 Å². The van der Waals surface area contributed by atoms with E-state index in [9.17, 15) is 0 Å². The molecule has 0 fully saturated rings. The Morgan fingerprint density at radius 3 is 2.95 bits per heavy atom. The molecule has 0 aliphatic rings. The zero-order chi connectivity index (χ0) is 13.7. The van der Waals surface area contributed by atoms with E-state index < -0.39 is 0 Å². The van der Waals surface area contributed by atoms with E-state index in [2.05, 4.69) is 47.4 Å². The minimum absolute atomic E-state index is 0.392. The maximum Gasteiger partial charge on any atom is 0.111 e. The van der Waals surface area contributed by atoms with Gasteiger partial charge in [0.25, 0.3) is 0 Å². The molecule has 2 aromatic rings. The van der Waals surface area contributed by atoms with Crippen LogP contribution in [0.4, 0.5) is 0 Å². The Labute approximate surface area is 114 Å². The van der Waals surface area contributed by atoms with E-state index in [4.69, 9.17) is 5.73 Å². The SMILES string of the molecule is CC(C)c1nccn1Cc1cccc(C#CCN)c1. The molecule has 2 rings (SSSR count). The van der Waals surface area contributed by atoms with Crippen molar-refractivity contribution >= 4 is 0 Å². The van der Waals surface area contributed by atoms with E-state index in [0.29, 0.717) is 12.5 Å². The van der Waals surface area contributed by atoms with Gasteiger partial charge in [0, 0.05) is 30.4 Å². The molecule has 0 aliphatic heterocycles. The topological polar surface area (TPSA) is 43.8 Å². The zero-order valence-corrected chi connectivity index (χ0v) is 11.4. The molecule has 0 amide bonds. The summed E-state index contributed by atoms with van der Waals surface area (Å²) >= 11 is 0. The van der Waals surface area contributed by atoms with E-state index >= 15 is 0 Å². The number of hydrogen-bond acceptors (Lipinski definition) is 2. The smallest absolute Gasteiger partial charge is 0.111 e. The Morgan fingerprint density at radius 2 is 2.21 bits per heavy atom. The van der Waals surface area contributed by atoms with Crippen LogP contribution < -0.4 is 5.73 Å². The fourth-order valence-corrected chi connectivity index (χ4v) is 2.05. The van der Waals surface area contributed by atoms with Gasteiger partial charge in [0.2, 0.25) is 0 Å². The van der Waals surface area contributed by atoms with Crippen LogP contribution >= 0.6 is 0 Å². The van der Waals surface area contributed by atoms with Gasteiger partial charge in [0.1, 0.15) is 5.82 Å². The Morgan fingerprint density at radius 1 is 1.37 bits per heavy atom. The van der Waals surface area contributed by atoms with Crippen LogP contribution in [-0.2, 0) is 6.54 Å². The van der Waals surface area contributed by atoms with Crippen LogP contribution in [0.3, 0.4) is 0 Å². The number of aromatic nitrogens is 2. The highest BCUT2D eigenvalue weighted by molar-refractivity contribution is 5.37. The molecule has 98 valence electrons. The maximum absolute atomic E-state index is 5.39. The molecular weight excluding hydrogens is 234 g/mol. The van der Waals surface area contributed by atoms with Gasteiger partial charge in [0.05, 0.1) is 6.54 Å². The summed E-state index contributed by atoms with van der Waals surface area (Å²) in [4.78, 5) is 4.40. The van der Waals surface area contributed by atoms with Gasteiger partial charge >= 0.3 is 0 Å². The van der Waals surface area contributed by atoms with Gasteiger partial charge in [-0.05, 0) is 17.7 Å². The Bertz CT molecular complexity index is 600. The normalized spacial score (nSPS) is 10.3. The number of imidazole rings is 1.